The number of amides is 2. The summed E-state index contributed by atoms with van der Waals surface area (Å²) in [6, 6.07) is 11.1. The number of thioether (sulfide) groups is 1. The lowest BCUT2D eigenvalue weighted by molar-refractivity contribution is -0.113. The maximum atomic E-state index is 13.3. The van der Waals surface area contributed by atoms with Crippen LogP contribution >= 0.6 is 23.1 Å². The molecular weight excluding hydrogens is 564 g/mol. The van der Waals surface area contributed by atoms with Crippen molar-refractivity contribution in [3.05, 3.63) is 64.9 Å². The fraction of sp³-hybridized carbons (Fsp3) is 0.321. The Hall–Kier alpha value is -4.10. The summed E-state index contributed by atoms with van der Waals surface area (Å²) in [4.78, 5) is 29.8. The molecule has 0 aliphatic carbocycles. The molecule has 0 fully saturated rings. The number of aryl methyl sites for hydroxylation is 1. The van der Waals surface area contributed by atoms with E-state index in [0.717, 1.165) is 11.3 Å². The van der Waals surface area contributed by atoms with E-state index in [2.05, 4.69) is 25.8 Å². The van der Waals surface area contributed by atoms with E-state index in [0.29, 0.717) is 58.7 Å². The molecule has 0 radical (unpaired) electrons. The number of benzene rings is 2. The molecule has 4 aromatic rings. The molecule has 2 N–H and O–H groups in total. The van der Waals surface area contributed by atoms with Crippen molar-refractivity contribution < 1.29 is 23.8 Å². The average molecular weight is 597 g/mol. The number of nitrogens with one attached hydrogen (secondary N) is 2. The maximum Gasteiger partial charge on any atom is 0.251 e. The number of aromatic nitrogens is 4. The van der Waals surface area contributed by atoms with E-state index in [9.17, 15) is 9.59 Å². The van der Waals surface area contributed by atoms with Gasteiger partial charge >= 0.3 is 0 Å². The number of nitrogens with zero attached hydrogens (tertiary/aromatic N) is 4. The molecule has 4 rings (SSSR count). The summed E-state index contributed by atoms with van der Waals surface area (Å²) in [7, 11) is 0. The van der Waals surface area contributed by atoms with Gasteiger partial charge in [-0.1, -0.05) is 23.9 Å². The standard InChI is InChI=1S/C28H32N6O5S2/c1-5-37-21-14-19(15-22(38-6-2)25(21)39-7-3)26(36)30-16-23-32-33-28(34(23)20-10-8-9-18(4)13-20)41-17-24(35)31-27-29-11-12-40-27/h8-15H,5-7,16-17H2,1-4H3,(H,30,36)(H,29,31,35). The van der Waals surface area contributed by atoms with Crippen LogP contribution in [-0.2, 0) is 11.3 Å². The summed E-state index contributed by atoms with van der Waals surface area (Å²) in [6.07, 6.45) is 1.63. The van der Waals surface area contributed by atoms with E-state index in [4.69, 9.17) is 14.2 Å². The van der Waals surface area contributed by atoms with Crippen molar-refractivity contribution in [3.63, 3.8) is 0 Å². The van der Waals surface area contributed by atoms with Gasteiger partial charge < -0.3 is 24.8 Å². The number of rotatable bonds is 14. The molecule has 0 aliphatic heterocycles. The molecule has 0 aliphatic rings. The molecular formula is C28H32N6O5S2. The Morgan fingerprint density at radius 2 is 1.73 bits per heavy atom. The van der Waals surface area contributed by atoms with Crippen LogP contribution in [0.3, 0.4) is 0 Å². The van der Waals surface area contributed by atoms with Crippen molar-refractivity contribution in [2.45, 2.75) is 39.4 Å². The highest BCUT2D eigenvalue weighted by Gasteiger charge is 2.21. The number of hydrogen-bond acceptors (Lipinski definition) is 10. The number of carbonyl (C=O) groups is 2. The molecule has 2 aromatic heterocycles. The zero-order chi connectivity index (χ0) is 29.2. The van der Waals surface area contributed by atoms with Gasteiger partial charge in [0.1, 0.15) is 0 Å². The molecule has 2 amide bonds. The molecule has 0 atom stereocenters. The highest BCUT2D eigenvalue weighted by Crippen LogP contribution is 2.39. The third-order valence-corrected chi connectivity index (χ3v) is 7.17. The van der Waals surface area contributed by atoms with E-state index in [1.54, 1.807) is 23.7 Å². The van der Waals surface area contributed by atoms with E-state index in [1.807, 2.05) is 56.5 Å². The maximum absolute atomic E-state index is 13.3. The van der Waals surface area contributed by atoms with Crippen LogP contribution in [-0.4, -0.2) is 57.1 Å². The Morgan fingerprint density at radius 3 is 2.37 bits per heavy atom. The molecule has 0 spiro atoms. The third-order valence-electron chi connectivity index (χ3n) is 5.55. The molecule has 2 heterocycles. The molecule has 0 saturated heterocycles. The predicted molar refractivity (Wildman–Crippen MR) is 159 cm³/mol. The van der Waals surface area contributed by atoms with Gasteiger partial charge in [0.15, 0.2) is 27.6 Å². The predicted octanol–water partition coefficient (Wildman–Crippen LogP) is 4.89. The molecule has 41 heavy (non-hydrogen) atoms. The van der Waals surface area contributed by atoms with Crippen LogP contribution in [0, 0.1) is 6.92 Å². The van der Waals surface area contributed by atoms with Crippen LogP contribution in [0.2, 0.25) is 0 Å². The summed E-state index contributed by atoms with van der Waals surface area (Å²) in [5.41, 5.74) is 2.22. The summed E-state index contributed by atoms with van der Waals surface area (Å²) < 4.78 is 19.1. The van der Waals surface area contributed by atoms with E-state index in [1.165, 1.54) is 23.1 Å². The Labute approximate surface area is 246 Å². The Morgan fingerprint density at radius 1 is 1.00 bits per heavy atom. The largest absolute Gasteiger partial charge is 0.490 e. The van der Waals surface area contributed by atoms with Crippen molar-refractivity contribution in [1.82, 2.24) is 25.1 Å². The van der Waals surface area contributed by atoms with Crippen molar-refractivity contribution in [3.8, 4) is 22.9 Å². The minimum Gasteiger partial charge on any atom is -0.490 e. The van der Waals surface area contributed by atoms with Crippen LogP contribution < -0.4 is 24.8 Å². The quantitative estimate of drug-likeness (QED) is 0.196. The summed E-state index contributed by atoms with van der Waals surface area (Å²) in [5, 5.41) is 17.2. The highest BCUT2D eigenvalue weighted by atomic mass is 32.2. The van der Waals surface area contributed by atoms with Gasteiger partial charge in [-0.05, 0) is 57.5 Å². The zero-order valence-corrected chi connectivity index (χ0v) is 24.9. The third kappa shape index (κ3) is 7.76. The molecule has 13 heteroatoms. The molecule has 0 saturated carbocycles. The molecule has 0 bridgehead atoms. The first kappa shape index (κ1) is 29.9. The first-order chi connectivity index (χ1) is 19.9. The summed E-state index contributed by atoms with van der Waals surface area (Å²) in [5.74, 6) is 1.41. The van der Waals surface area contributed by atoms with E-state index >= 15 is 0 Å². The van der Waals surface area contributed by atoms with Gasteiger partial charge in [-0.2, -0.15) is 0 Å². The second kappa shape index (κ2) is 14.5. The SMILES string of the molecule is CCOc1cc(C(=O)NCc2nnc(SCC(=O)Nc3nccs3)n2-c2cccc(C)c2)cc(OCC)c1OCC. The van der Waals surface area contributed by atoms with Crippen molar-refractivity contribution in [2.24, 2.45) is 0 Å². The summed E-state index contributed by atoms with van der Waals surface area (Å²) in [6.45, 7) is 8.90. The summed E-state index contributed by atoms with van der Waals surface area (Å²) >= 11 is 2.59. The van der Waals surface area contributed by atoms with Gasteiger partial charge in [0, 0.05) is 22.8 Å². The van der Waals surface area contributed by atoms with Crippen molar-refractivity contribution >= 4 is 40.0 Å². The Bertz CT molecular complexity index is 1450. The first-order valence-corrected chi connectivity index (χ1v) is 15.0. The van der Waals surface area contributed by atoms with Gasteiger partial charge in [-0.3, -0.25) is 14.2 Å². The first-order valence-electron chi connectivity index (χ1n) is 13.1. The van der Waals surface area contributed by atoms with Crippen molar-refractivity contribution in [1.29, 1.82) is 0 Å². The normalized spacial score (nSPS) is 10.7. The smallest absolute Gasteiger partial charge is 0.251 e. The van der Waals surface area contributed by atoms with Crippen LogP contribution in [0.4, 0.5) is 5.13 Å². The van der Waals surface area contributed by atoms with Gasteiger partial charge in [-0.25, -0.2) is 4.98 Å². The molecule has 0 unspecified atom stereocenters. The molecule has 11 nitrogen and oxygen atoms in total. The van der Waals surface area contributed by atoms with E-state index in [-0.39, 0.29) is 24.1 Å². The second-order valence-electron chi connectivity index (χ2n) is 8.53. The van der Waals surface area contributed by atoms with Crippen molar-refractivity contribution in [2.75, 3.05) is 30.9 Å². The molecule has 216 valence electrons. The zero-order valence-electron chi connectivity index (χ0n) is 23.3. The van der Waals surface area contributed by atoms with Gasteiger partial charge in [0.25, 0.3) is 5.91 Å². The second-order valence-corrected chi connectivity index (χ2v) is 10.4. The minimum absolute atomic E-state index is 0.0901. The van der Waals surface area contributed by atoms with Crippen LogP contribution in [0.5, 0.6) is 17.2 Å². The van der Waals surface area contributed by atoms with E-state index < -0.39 is 0 Å². The van der Waals surface area contributed by atoms with Gasteiger partial charge in [0.05, 0.1) is 32.1 Å². The fourth-order valence-electron chi connectivity index (χ4n) is 3.89. The average Bonchev–Trinajstić information content (AvgIpc) is 3.62. The van der Waals surface area contributed by atoms with Gasteiger partial charge in [-0.15, -0.1) is 21.5 Å². The van der Waals surface area contributed by atoms with Crippen LogP contribution in [0.1, 0.15) is 42.5 Å². The number of anilines is 1. The lowest BCUT2D eigenvalue weighted by atomic mass is 10.1. The number of ether oxygens (including phenoxy) is 3. The minimum atomic E-state index is -0.342. The monoisotopic (exact) mass is 596 g/mol. The molecule has 2 aromatic carbocycles. The highest BCUT2D eigenvalue weighted by molar-refractivity contribution is 7.99. The number of hydrogen-bond donors (Lipinski definition) is 2. The Kier molecular flexibility index (Phi) is 10.6. The van der Waals surface area contributed by atoms with Crippen LogP contribution in [0.15, 0.2) is 53.1 Å². The lowest BCUT2D eigenvalue weighted by Gasteiger charge is -2.17. The van der Waals surface area contributed by atoms with Gasteiger partial charge in [0.2, 0.25) is 11.7 Å². The lowest BCUT2D eigenvalue weighted by Crippen LogP contribution is -2.25. The Balaban J connectivity index is 1.55. The topological polar surface area (TPSA) is 129 Å². The fourth-order valence-corrected chi connectivity index (χ4v) is 5.20. The van der Waals surface area contributed by atoms with Crippen LogP contribution in [0.25, 0.3) is 5.69 Å². The number of thiazole rings is 1. The number of carbonyl (C=O) groups excluding carboxylic acids is 2.